The van der Waals surface area contributed by atoms with Crippen LogP contribution in [0.2, 0.25) is 0 Å². The van der Waals surface area contributed by atoms with E-state index in [0.29, 0.717) is 11.6 Å². The van der Waals surface area contributed by atoms with E-state index in [0.717, 1.165) is 20.7 Å². The first kappa shape index (κ1) is 16.0. The van der Waals surface area contributed by atoms with Crippen LogP contribution in [-0.4, -0.2) is 17.1 Å². The van der Waals surface area contributed by atoms with Gasteiger partial charge in [0.15, 0.2) is 5.13 Å². The predicted molar refractivity (Wildman–Crippen MR) is 99.7 cm³/mol. The van der Waals surface area contributed by atoms with Crippen LogP contribution in [0.1, 0.15) is 16.7 Å². The molecule has 0 radical (unpaired) electrons. The molecule has 0 aliphatic heterocycles. The Morgan fingerprint density at radius 1 is 1.22 bits per heavy atom. The molecule has 5 heteroatoms. The molecule has 0 fully saturated rings. The second-order valence-electron chi connectivity index (χ2n) is 5.47. The van der Waals surface area contributed by atoms with E-state index in [1.54, 1.807) is 11.8 Å². The number of para-hydroxylation sites is 1. The first-order chi connectivity index (χ1) is 11.1. The van der Waals surface area contributed by atoms with E-state index in [2.05, 4.69) is 36.3 Å². The lowest BCUT2D eigenvalue weighted by atomic mass is 10.0. The van der Waals surface area contributed by atoms with E-state index in [1.807, 2.05) is 30.5 Å². The Hall–Kier alpha value is -1.85. The molecule has 3 rings (SSSR count). The summed E-state index contributed by atoms with van der Waals surface area (Å²) in [7, 11) is 0. The first-order valence-electron chi connectivity index (χ1n) is 7.36. The molecule has 1 N–H and O–H groups in total. The SMILES string of the molecule is CSc1cccc2sc(NC(=O)Cc3ccc(C)c(C)c3)nc12. The van der Waals surface area contributed by atoms with Gasteiger partial charge in [-0.2, -0.15) is 0 Å². The third-order valence-corrected chi connectivity index (χ3v) is 5.49. The summed E-state index contributed by atoms with van der Waals surface area (Å²) < 4.78 is 1.10. The standard InChI is InChI=1S/C18H18N2OS2/c1-11-7-8-13(9-12(11)2)10-16(21)19-18-20-17-14(22-3)5-4-6-15(17)23-18/h4-9H,10H2,1-3H3,(H,19,20,21). The zero-order chi connectivity index (χ0) is 16.4. The van der Waals surface area contributed by atoms with Crippen LogP contribution in [0.4, 0.5) is 5.13 Å². The molecule has 0 bridgehead atoms. The van der Waals surface area contributed by atoms with Gasteiger partial charge in [0, 0.05) is 4.90 Å². The monoisotopic (exact) mass is 342 g/mol. The molecule has 1 aromatic heterocycles. The number of hydrogen-bond acceptors (Lipinski definition) is 4. The minimum absolute atomic E-state index is 0.0296. The molecule has 0 aliphatic rings. The molecular weight excluding hydrogens is 324 g/mol. The molecule has 0 unspecified atom stereocenters. The zero-order valence-electron chi connectivity index (χ0n) is 13.3. The molecule has 3 aromatic rings. The highest BCUT2D eigenvalue weighted by Gasteiger charge is 2.11. The van der Waals surface area contributed by atoms with Gasteiger partial charge in [-0.1, -0.05) is 35.6 Å². The molecule has 0 atom stereocenters. The average Bonchev–Trinajstić information content (AvgIpc) is 2.92. The Balaban J connectivity index is 1.76. The summed E-state index contributed by atoms with van der Waals surface area (Å²) in [6, 6.07) is 12.2. The normalized spacial score (nSPS) is 10.9. The number of carbonyl (C=O) groups is 1. The van der Waals surface area contributed by atoms with Crippen molar-refractivity contribution in [3.63, 3.8) is 0 Å². The number of aromatic nitrogens is 1. The number of thioether (sulfide) groups is 1. The molecule has 1 amide bonds. The van der Waals surface area contributed by atoms with Gasteiger partial charge >= 0.3 is 0 Å². The van der Waals surface area contributed by atoms with Crippen LogP contribution < -0.4 is 5.32 Å². The number of thiazole rings is 1. The Labute approximate surface area is 144 Å². The van der Waals surface area contributed by atoms with Gasteiger partial charge in [-0.25, -0.2) is 4.98 Å². The highest BCUT2D eigenvalue weighted by molar-refractivity contribution is 7.98. The van der Waals surface area contributed by atoms with Gasteiger partial charge in [0.25, 0.3) is 0 Å². The topological polar surface area (TPSA) is 42.0 Å². The van der Waals surface area contributed by atoms with E-state index in [1.165, 1.54) is 22.5 Å². The van der Waals surface area contributed by atoms with Gasteiger partial charge in [-0.15, -0.1) is 11.8 Å². The fourth-order valence-corrected chi connectivity index (χ4v) is 3.94. The van der Waals surface area contributed by atoms with Gasteiger partial charge in [-0.05, 0) is 48.9 Å². The van der Waals surface area contributed by atoms with Crippen LogP contribution in [0.25, 0.3) is 10.2 Å². The van der Waals surface area contributed by atoms with Crippen molar-refractivity contribution in [1.82, 2.24) is 4.98 Å². The number of hydrogen-bond donors (Lipinski definition) is 1. The second-order valence-corrected chi connectivity index (χ2v) is 7.35. The van der Waals surface area contributed by atoms with Crippen molar-refractivity contribution in [3.05, 3.63) is 53.1 Å². The van der Waals surface area contributed by atoms with Crippen LogP contribution in [-0.2, 0) is 11.2 Å². The third-order valence-electron chi connectivity index (χ3n) is 3.78. The molecule has 0 spiro atoms. The summed E-state index contributed by atoms with van der Waals surface area (Å²) in [5.74, 6) is -0.0296. The van der Waals surface area contributed by atoms with Crippen molar-refractivity contribution in [2.45, 2.75) is 25.2 Å². The van der Waals surface area contributed by atoms with Crippen molar-refractivity contribution in [2.75, 3.05) is 11.6 Å². The lowest BCUT2D eigenvalue weighted by molar-refractivity contribution is -0.115. The molecule has 23 heavy (non-hydrogen) atoms. The summed E-state index contributed by atoms with van der Waals surface area (Å²) in [6.07, 6.45) is 2.40. The fraction of sp³-hybridized carbons (Fsp3) is 0.222. The highest BCUT2D eigenvalue weighted by Crippen LogP contribution is 2.32. The third kappa shape index (κ3) is 3.57. The largest absolute Gasteiger partial charge is 0.302 e. The molecule has 2 aromatic carbocycles. The maximum atomic E-state index is 12.3. The average molecular weight is 342 g/mol. The molecule has 3 nitrogen and oxygen atoms in total. The van der Waals surface area contributed by atoms with Gasteiger partial charge < -0.3 is 5.32 Å². The maximum Gasteiger partial charge on any atom is 0.230 e. The Morgan fingerprint density at radius 2 is 2.04 bits per heavy atom. The summed E-state index contributed by atoms with van der Waals surface area (Å²) in [5.41, 5.74) is 4.44. The predicted octanol–water partition coefficient (Wildman–Crippen LogP) is 4.82. The van der Waals surface area contributed by atoms with E-state index < -0.39 is 0 Å². The Kier molecular flexibility index (Phi) is 4.68. The number of anilines is 1. The summed E-state index contributed by atoms with van der Waals surface area (Å²) in [6.45, 7) is 4.14. The number of benzene rings is 2. The molecule has 0 saturated carbocycles. The number of nitrogens with zero attached hydrogens (tertiary/aromatic N) is 1. The smallest absolute Gasteiger partial charge is 0.230 e. The molecule has 0 aliphatic carbocycles. The first-order valence-corrected chi connectivity index (χ1v) is 9.40. The lowest BCUT2D eigenvalue weighted by Gasteiger charge is -2.05. The highest BCUT2D eigenvalue weighted by atomic mass is 32.2. The van der Waals surface area contributed by atoms with Crippen molar-refractivity contribution < 1.29 is 4.79 Å². The van der Waals surface area contributed by atoms with Gasteiger partial charge in [0.1, 0.15) is 0 Å². The zero-order valence-corrected chi connectivity index (χ0v) is 15.0. The van der Waals surface area contributed by atoms with Gasteiger partial charge in [0.05, 0.1) is 16.6 Å². The van der Waals surface area contributed by atoms with Crippen LogP contribution in [0.3, 0.4) is 0 Å². The van der Waals surface area contributed by atoms with Crippen LogP contribution in [0.15, 0.2) is 41.3 Å². The number of nitrogens with one attached hydrogen (secondary N) is 1. The maximum absolute atomic E-state index is 12.3. The molecule has 0 saturated heterocycles. The quantitative estimate of drug-likeness (QED) is 0.691. The van der Waals surface area contributed by atoms with Crippen molar-refractivity contribution in [3.8, 4) is 0 Å². The van der Waals surface area contributed by atoms with Crippen LogP contribution in [0, 0.1) is 13.8 Å². The van der Waals surface area contributed by atoms with E-state index in [9.17, 15) is 4.79 Å². The van der Waals surface area contributed by atoms with Crippen LogP contribution in [0.5, 0.6) is 0 Å². The van der Waals surface area contributed by atoms with Crippen molar-refractivity contribution >= 4 is 44.4 Å². The number of aryl methyl sites for hydroxylation is 2. The Bertz CT molecular complexity index is 871. The number of rotatable bonds is 4. The molecule has 118 valence electrons. The van der Waals surface area contributed by atoms with Crippen molar-refractivity contribution in [2.24, 2.45) is 0 Å². The van der Waals surface area contributed by atoms with Crippen molar-refractivity contribution in [1.29, 1.82) is 0 Å². The van der Waals surface area contributed by atoms with E-state index in [-0.39, 0.29) is 5.91 Å². The van der Waals surface area contributed by atoms with E-state index >= 15 is 0 Å². The molecular formula is C18H18N2OS2. The summed E-state index contributed by atoms with van der Waals surface area (Å²) >= 11 is 3.18. The molecule has 1 heterocycles. The van der Waals surface area contributed by atoms with Gasteiger partial charge in [0.2, 0.25) is 5.91 Å². The number of fused-ring (bicyclic) bond motifs is 1. The number of carbonyl (C=O) groups excluding carboxylic acids is 1. The second kappa shape index (κ2) is 6.72. The minimum Gasteiger partial charge on any atom is -0.302 e. The fourth-order valence-electron chi connectivity index (χ4n) is 2.40. The summed E-state index contributed by atoms with van der Waals surface area (Å²) in [4.78, 5) is 18.0. The van der Waals surface area contributed by atoms with Crippen LogP contribution >= 0.6 is 23.1 Å². The van der Waals surface area contributed by atoms with E-state index in [4.69, 9.17) is 0 Å². The number of amides is 1. The lowest BCUT2D eigenvalue weighted by Crippen LogP contribution is -2.14. The minimum atomic E-state index is -0.0296. The summed E-state index contributed by atoms with van der Waals surface area (Å²) in [5, 5.41) is 3.59. The Morgan fingerprint density at radius 3 is 2.78 bits per heavy atom. The van der Waals surface area contributed by atoms with Gasteiger partial charge in [-0.3, -0.25) is 4.79 Å².